The third-order valence-electron chi connectivity index (χ3n) is 4.97. The van der Waals surface area contributed by atoms with Crippen molar-refractivity contribution in [2.45, 2.75) is 57.5 Å². The SMILES string of the molecule is CCCc1ccc(C(F)(F)Oc2ccc(C3CCC(=O)CC3)cc2)cc1. The van der Waals surface area contributed by atoms with Gasteiger partial charge in [-0.25, -0.2) is 0 Å². The Morgan fingerprint density at radius 1 is 1.00 bits per heavy atom. The van der Waals surface area contributed by atoms with Crippen molar-refractivity contribution >= 4 is 5.78 Å². The fourth-order valence-electron chi connectivity index (χ4n) is 3.44. The largest absolute Gasteiger partial charge is 0.429 e. The summed E-state index contributed by atoms with van der Waals surface area (Å²) in [7, 11) is 0. The first kappa shape index (κ1) is 18.6. The normalized spacial score (nSPS) is 15.9. The van der Waals surface area contributed by atoms with Crippen LogP contribution in [0.4, 0.5) is 8.78 Å². The summed E-state index contributed by atoms with van der Waals surface area (Å²) < 4.78 is 33.8. The van der Waals surface area contributed by atoms with Crippen molar-refractivity contribution in [3.8, 4) is 5.75 Å². The van der Waals surface area contributed by atoms with E-state index in [0.717, 1.165) is 36.8 Å². The summed E-state index contributed by atoms with van der Waals surface area (Å²) in [4.78, 5) is 11.3. The predicted octanol–water partition coefficient (Wildman–Crippen LogP) is 5.99. The molecule has 1 aliphatic carbocycles. The molecule has 0 unspecified atom stereocenters. The third-order valence-corrected chi connectivity index (χ3v) is 4.97. The van der Waals surface area contributed by atoms with E-state index in [0.29, 0.717) is 24.5 Å². The van der Waals surface area contributed by atoms with Crippen molar-refractivity contribution in [3.05, 3.63) is 65.2 Å². The highest BCUT2D eigenvalue weighted by Gasteiger charge is 2.34. The van der Waals surface area contributed by atoms with Crippen molar-refractivity contribution < 1.29 is 18.3 Å². The predicted molar refractivity (Wildman–Crippen MR) is 97.6 cm³/mol. The zero-order chi connectivity index (χ0) is 18.6. The second-order valence-corrected chi connectivity index (χ2v) is 6.95. The first-order chi connectivity index (χ1) is 12.5. The van der Waals surface area contributed by atoms with Crippen LogP contribution >= 0.6 is 0 Å². The molecular formula is C22H24F2O2. The van der Waals surface area contributed by atoms with E-state index in [4.69, 9.17) is 4.74 Å². The molecule has 0 spiro atoms. The van der Waals surface area contributed by atoms with Gasteiger partial charge in [0.05, 0.1) is 5.56 Å². The lowest BCUT2D eigenvalue weighted by atomic mass is 9.83. The smallest absolute Gasteiger partial charge is 0.426 e. The molecule has 0 atom stereocenters. The van der Waals surface area contributed by atoms with E-state index in [2.05, 4.69) is 6.92 Å². The highest BCUT2D eigenvalue weighted by Crippen LogP contribution is 2.35. The summed E-state index contributed by atoms with van der Waals surface area (Å²) >= 11 is 0. The number of ketones is 1. The number of alkyl halides is 2. The van der Waals surface area contributed by atoms with Crippen molar-refractivity contribution in [1.29, 1.82) is 0 Å². The van der Waals surface area contributed by atoms with Gasteiger partial charge in [0.1, 0.15) is 11.5 Å². The molecule has 1 saturated carbocycles. The summed E-state index contributed by atoms with van der Waals surface area (Å²) in [6.45, 7) is 2.06. The Morgan fingerprint density at radius 3 is 2.19 bits per heavy atom. The molecule has 0 bridgehead atoms. The number of ether oxygens (including phenoxy) is 1. The maximum Gasteiger partial charge on any atom is 0.426 e. The van der Waals surface area contributed by atoms with Crippen LogP contribution in [0.25, 0.3) is 0 Å². The van der Waals surface area contributed by atoms with Crippen molar-refractivity contribution in [2.75, 3.05) is 0 Å². The second-order valence-electron chi connectivity index (χ2n) is 6.95. The number of carbonyl (C=O) groups excluding carboxylic acids is 1. The number of aryl methyl sites for hydroxylation is 1. The number of hydrogen-bond donors (Lipinski definition) is 0. The average molecular weight is 358 g/mol. The molecule has 0 saturated heterocycles. The first-order valence-corrected chi connectivity index (χ1v) is 9.26. The van der Waals surface area contributed by atoms with Gasteiger partial charge in [0.2, 0.25) is 0 Å². The number of Topliss-reactive ketones (excluding diaryl/α,β-unsaturated/α-hetero) is 1. The number of rotatable bonds is 6. The molecule has 0 radical (unpaired) electrons. The maximum atomic E-state index is 14.4. The zero-order valence-electron chi connectivity index (χ0n) is 15.0. The van der Waals surface area contributed by atoms with Gasteiger partial charge in [-0.15, -0.1) is 0 Å². The standard InChI is InChI=1S/C22H24F2O2/c1-2-3-16-4-10-19(11-5-16)22(23,24)26-21-14-8-18(9-15-21)17-6-12-20(25)13-7-17/h4-5,8-11,14-15,17H,2-3,6-7,12-13H2,1H3. The molecule has 26 heavy (non-hydrogen) atoms. The third kappa shape index (κ3) is 4.48. The fourth-order valence-corrected chi connectivity index (χ4v) is 3.44. The minimum Gasteiger partial charge on any atom is -0.429 e. The van der Waals surface area contributed by atoms with Crippen LogP contribution in [0.15, 0.2) is 48.5 Å². The van der Waals surface area contributed by atoms with Gasteiger partial charge in [0.15, 0.2) is 0 Å². The van der Waals surface area contributed by atoms with E-state index in [9.17, 15) is 13.6 Å². The van der Waals surface area contributed by atoms with Gasteiger partial charge in [-0.3, -0.25) is 4.79 Å². The lowest BCUT2D eigenvalue weighted by Crippen LogP contribution is -2.21. The molecule has 0 heterocycles. The minimum absolute atomic E-state index is 0.142. The number of halogens is 2. The van der Waals surface area contributed by atoms with Gasteiger partial charge in [0, 0.05) is 12.8 Å². The van der Waals surface area contributed by atoms with Crippen LogP contribution in [0.3, 0.4) is 0 Å². The number of hydrogen-bond acceptors (Lipinski definition) is 2. The molecule has 1 fully saturated rings. The Hall–Kier alpha value is -2.23. The van der Waals surface area contributed by atoms with Gasteiger partial charge in [-0.2, -0.15) is 8.78 Å². The zero-order valence-corrected chi connectivity index (χ0v) is 15.0. The summed E-state index contributed by atoms with van der Waals surface area (Å²) in [6, 6.07) is 13.1. The summed E-state index contributed by atoms with van der Waals surface area (Å²) in [5.74, 6) is 0.780. The lowest BCUT2D eigenvalue weighted by molar-refractivity contribution is -0.185. The van der Waals surface area contributed by atoms with E-state index >= 15 is 0 Å². The Morgan fingerprint density at radius 2 is 1.62 bits per heavy atom. The molecule has 138 valence electrons. The molecule has 2 nitrogen and oxygen atoms in total. The Labute approximate surface area is 153 Å². The van der Waals surface area contributed by atoms with Crippen LogP contribution in [0.2, 0.25) is 0 Å². The lowest BCUT2D eigenvalue weighted by Gasteiger charge is -2.22. The second kappa shape index (κ2) is 7.98. The average Bonchev–Trinajstić information content (AvgIpc) is 2.64. The molecule has 2 aromatic rings. The monoisotopic (exact) mass is 358 g/mol. The molecule has 1 aliphatic rings. The van der Waals surface area contributed by atoms with Crippen LogP contribution in [-0.2, 0) is 17.3 Å². The summed E-state index contributed by atoms with van der Waals surface area (Å²) in [6.07, 6.45) is 1.36. The summed E-state index contributed by atoms with van der Waals surface area (Å²) in [5, 5.41) is 0. The number of carbonyl (C=O) groups is 1. The van der Waals surface area contributed by atoms with E-state index < -0.39 is 6.11 Å². The molecule has 0 N–H and O–H groups in total. The molecule has 4 heteroatoms. The van der Waals surface area contributed by atoms with E-state index in [-0.39, 0.29) is 11.3 Å². The van der Waals surface area contributed by atoms with Crippen molar-refractivity contribution in [3.63, 3.8) is 0 Å². The Balaban J connectivity index is 1.66. The molecule has 3 rings (SSSR count). The van der Waals surface area contributed by atoms with Gasteiger partial charge in [0.25, 0.3) is 0 Å². The maximum absolute atomic E-state index is 14.4. The fraction of sp³-hybridized carbons (Fsp3) is 0.409. The molecule has 0 aromatic heterocycles. The highest BCUT2D eigenvalue weighted by molar-refractivity contribution is 5.79. The van der Waals surface area contributed by atoms with Crippen LogP contribution < -0.4 is 4.74 Å². The van der Waals surface area contributed by atoms with E-state index in [1.807, 2.05) is 12.1 Å². The van der Waals surface area contributed by atoms with Gasteiger partial charge in [-0.05, 0) is 60.6 Å². The van der Waals surface area contributed by atoms with Crippen LogP contribution in [0, 0.1) is 0 Å². The Kier molecular flexibility index (Phi) is 5.70. The molecule has 0 aliphatic heterocycles. The molecule has 2 aromatic carbocycles. The summed E-state index contributed by atoms with van der Waals surface area (Å²) in [5.41, 5.74) is 1.98. The Bertz CT molecular complexity index is 726. The van der Waals surface area contributed by atoms with Gasteiger partial charge < -0.3 is 4.74 Å². The van der Waals surface area contributed by atoms with E-state index in [1.165, 1.54) is 12.1 Å². The van der Waals surface area contributed by atoms with Gasteiger partial charge in [-0.1, -0.05) is 37.6 Å². The first-order valence-electron chi connectivity index (χ1n) is 9.26. The van der Waals surface area contributed by atoms with Crippen LogP contribution in [-0.4, -0.2) is 5.78 Å². The highest BCUT2D eigenvalue weighted by atomic mass is 19.3. The minimum atomic E-state index is -3.37. The van der Waals surface area contributed by atoms with Crippen LogP contribution in [0.5, 0.6) is 5.75 Å². The van der Waals surface area contributed by atoms with Crippen LogP contribution in [0.1, 0.15) is 61.6 Å². The van der Waals surface area contributed by atoms with Gasteiger partial charge >= 0.3 is 6.11 Å². The van der Waals surface area contributed by atoms with Crippen molar-refractivity contribution in [2.24, 2.45) is 0 Å². The molecular weight excluding hydrogens is 334 g/mol. The molecule has 0 amide bonds. The quantitative estimate of drug-likeness (QED) is 0.633. The number of benzene rings is 2. The topological polar surface area (TPSA) is 26.3 Å². The van der Waals surface area contributed by atoms with E-state index in [1.54, 1.807) is 24.3 Å². The van der Waals surface area contributed by atoms with Crippen molar-refractivity contribution in [1.82, 2.24) is 0 Å².